The average molecular weight is 779 g/mol. The lowest BCUT2D eigenvalue weighted by molar-refractivity contribution is 0.979. The van der Waals surface area contributed by atoms with Gasteiger partial charge in [0.15, 0.2) is 5.82 Å². The first-order valence-electron chi connectivity index (χ1n) is 20.6. The van der Waals surface area contributed by atoms with Crippen LogP contribution in [-0.2, 0) is 0 Å². The van der Waals surface area contributed by atoms with Crippen LogP contribution in [0.25, 0.3) is 106 Å². The quantitative estimate of drug-likeness (QED) is 0.154. The summed E-state index contributed by atoms with van der Waals surface area (Å²) in [7, 11) is 0. The standard InChI is InChI=1S/C57H38N4/c1-6-16-42(17-7-1)51-38-52(43-18-8-2-9-19-43)59-57(58-51)47-32-30-40(31-33-47)39-26-28-41(29-27-39)48-34-35-49-37-53(44-20-10-3-11-21-44)61-56(50(49)36-48)54(45-22-12-4-13-23-45)55(60-61)46-24-14-5-15-25-46/h1-38H. The first-order chi connectivity index (χ1) is 30.2. The molecule has 0 atom stereocenters. The lowest BCUT2D eigenvalue weighted by Crippen LogP contribution is -1.96. The summed E-state index contributed by atoms with van der Waals surface area (Å²) in [5, 5.41) is 7.72. The van der Waals surface area contributed by atoms with E-state index >= 15 is 0 Å². The molecule has 8 aromatic carbocycles. The second kappa shape index (κ2) is 15.5. The van der Waals surface area contributed by atoms with Crippen molar-refractivity contribution in [1.29, 1.82) is 0 Å². The van der Waals surface area contributed by atoms with E-state index in [0.717, 1.165) is 100 Å². The Morgan fingerprint density at radius 1 is 0.311 bits per heavy atom. The van der Waals surface area contributed by atoms with E-state index in [9.17, 15) is 0 Å². The third-order valence-electron chi connectivity index (χ3n) is 11.5. The third kappa shape index (κ3) is 6.86. The largest absolute Gasteiger partial charge is 0.231 e. The predicted molar refractivity (Wildman–Crippen MR) is 252 cm³/mol. The van der Waals surface area contributed by atoms with E-state index in [1.807, 2.05) is 36.4 Å². The van der Waals surface area contributed by atoms with E-state index in [1.54, 1.807) is 0 Å². The summed E-state index contributed by atoms with van der Waals surface area (Å²) in [6, 6.07) is 81.0. The minimum Gasteiger partial charge on any atom is -0.231 e. The molecule has 0 aliphatic carbocycles. The van der Waals surface area contributed by atoms with Gasteiger partial charge in [-0.2, -0.15) is 5.10 Å². The highest BCUT2D eigenvalue weighted by atomic mass is 15.2. The van der Waals surface area contributed by atoms with Gasteiger partial charge >= 0.3 is 0 Å². The smallest absolute Gasteiger partial charge is 0.160 e. The van der Waals surface area contributed by atoms with E-state index in [2.05, 4.69) is 199 Å². The molecule has 4 nitrogen and oxygen atoms in total. The molecule has 0 spiro atoms. The van der Waals surface area contributed by atoms with Crippen LogP contribution in [0.15, 0.2) is 231 Å². The van der Waals surface area contributed by atoms with E-state index in [-0.39, 0.29) is 0 Å². The maximum Gasteiger partial charge on any atom is 0.160 e. The maximum atomic E-state index is 5.40. The van der Waals surface area contributed by atoms with Crippen molar-refractivity contribution in [3.8, 4) is 89.8 Å². The fourth-order valence-corrected chi connectivity index (χ4v) is 8.36. The maximum absolute atomic E-state index is 5.40. The van der Waals surface area contributed by atoms with Gasteiger partial charge in [-0.05, 0) is 51.4 Å². The topological polar surface area (TPSA) is 43.1 Å². The highest BCUT2D eigenvalue weighted by molar-refractivity contribution is 6.09. The molecule has 0 fully saturated rings. The monoisotopic (exact) mass is 778 g/mol. The van der Waals surface area contributed by atoms with Gasteiger partial charge < -0.3 is 0 Å². The van der Waals surface area contributed by atoms with Crippen LogP contribution in [0.1, 0.15) is 0 Å². The van der Waals surface area contributed by atoms with Crippen LogP contribution in [-0.4, -0.2) is 19.6 Å². The predicted octanol–water partition coefficient (Wildman–Crippen LogP) is 14.6. The molecule has 0 N–H and O–H groups in total. The number of hydrogen-bond donors (Lipinski definition) is 0. The summed E-state index contributed by atoms with van der Waals surface area (Å²) < 4.78 is 2.16. The van der Waals surface area contributed by atoms with Gasteiger partial charge in [0.25, 0.3) is 0 Å². The first-order valence-corrected chi connectivity index (χ1v) is 20.6. The number of fused-ring (bicyclic) bond motifs is 3. The lowest BCUT2D eigenvalue weighted by Gasteiger charge is -2.13. The van der Waals surface area contributed by atoms with Gasteiger partial charge in [-0.1, -0.05) is 212 Å². The summed E-state index contributed by atoms with van der Waals surface area (Å²) in [6.07, 6.45) is 0. The van der Waals surface area contributed by atoms with E-state index in [4.69, 9.17) is 15.1 Å². The minimum absolute atomic E-state index is 0.702. The average Bonchev–Trinajstić information content (AvgIpc) is 3.76. The molecule has 0 saturated heterocycles. The van der Waals surface area contributed by atoms with E-state index < -0.39 is 0 Å². The summed E-state index contributed by atoms with van der Waals surface area (Å²) >= 11 is 0. The van der Waals surface area contributed by atoms with Gasteiger partial charge in [0.1, 0.15) is 5.69 Å². The van der Waals surface area contributed by atoms with E-state index in [1.165, 1.54) is 0 Å². The summed E-state index contributed by atoms with van der Waals surface area (Å²) in [4.78, 5) is 10.1. The molecule has 11 aromatic rings. The zero-order chi connectivity index (χ0) is 40.5. The van der Waals surface area contributed by atoms with Crippen molar-refractivity contribution < 1.29 is 0 Å². The van der Waals surface area contributed by atoms with Gasteiger partial charge in [0.05, 0.1) is 22.6 Å². The molecular formula is C57H38N4. The van der Waals surface area contributed by atoms with Gasteiger partial charge in [-0.25, -0.2) is 14.5 Å². The fourth-order valence-electron chi connectivity index (χ4n) is 8.36. The second-order valence-corrected chi connectivity index (χ2v) is 15.3. The van der Waals surface area contributed by atoms with Crippen LogP contribution < -0.4 is 0 Å². The Hall–Kier alpha value is -8.21. The van der Waals surface area contributed by atoms with Crippen molar-refractivity contribution in [3.05, 3.63) is 231 Å². The highest BCUT2D eigenvalue weighted by Crippen LogP contribution is 2.42. The Kier molecular flexibility index (Phi) is 9.14. The highest BCUT2D eigenvalue weighted by Gasteiger charge is 2.22. The SMILES string of the molecule is c1ccc(-c2cc(-c3ccccc3)nc(-c3ccc(-c4ccc(-c5ccc6cc(-c7ccccc7)n7nc(-c8ccccc8)c(-c8ccccc8)c7c6c5)cc4)cc3)n2)cc1. The van der Waals surface area contributed by atoms with Crippen molar-refractivity contribution in [1.82, 2.24) is 19.6 Å². The molecule has 0 amide bonds. The number of benzene rings is 8. The molecule has 11 rings (SSSR count). The Labute approximate surface area is 354 Å². The molecule has 3 aromatic heterocycles. The Bertz CT molecular complexity index is 3230. The molecule has 61 heavy (non-hydrogen) atoms. The third-order valence-corrected chi connectivity index (χ3v) is 11.5. The van der Waals surface area contributed by atoms with Crippen molar-refractivity contribution >= 4 is 16.3 Å². The molecule has 0 bridgehead atoms. The van der Waals surface area contributed by atoms with Crippen molar-refractivity contribution in [2.75, 3.05) is 0 Å². The van der Waals surface area contributed by atoms with Gasteiger partial charge in [-0.3, -0.25) is 0 Å². The number of pyridine rings is 1. The van der Waals surface area contributed by atoms with Crippen LogP contribution >= 0.6 is 0 Å². The molecule has 0 saturated carbocycles. The van der Waals surface area contributed by atoms with Crippen LogP contribution in [0.3, 0.4) is 0 Å². The molecule has 4 heteroatoms. The van der Waals surface area contributed by atoms with Crippen LogP contribution in [0.4, 0.5) is 0 Å². The van der Waals surface area contributed by atoms with Crippen LogP contribution in [0.5, 0.6) is 0 Å². The summed E-state index contributed by atoms with van der Waals surface area (Å²) in [6.45, 7) is 0. The van der Waals surface area contributed by atoms with Crippen molar-refractivity contribution in [2.24, 2.45) is 0 Å². The normalized spacial score (nSPS) is 11.3. The number of aromatic nitrogens is 4. The summed E-state index contributed by atoms with van der Waals surface area (Å²) in [5.74, 6) is 0.702. The minimum atomic E-state index is 0.702. The van der Waals surface area contributed by atoms with Gasteiger partial charge in [-0.15, -0.1) is 0 Å². The fraction of sp³-hybridized carbons (Fsp3) is 0. The number of rotatable bonds is 8. The van der Waals surface area contributed by atoms with Gasteiger partial charge in [0.2, 0.25) is 0 Å². The molecule has 286 valence electrons. The Morgan fingerprint density at radius 2 is 0.738 bits per heavy atom. The zero-order valence-electron chi connectivity index (χ0n) is 33.2. The molecular weight excluding hydrogens is 741 g/mol. The molecule has 0 radical (unpaired) electrons. The van der Waals surface area contributed by atoms with Crippen LogP contribution in [0, 0.1) is 0 Å². The van der Waals surface area contributed by atoms with E-state index in [0.29, 0.717) is 5.82 Å². The molecule has 0 aliphatic rings. The van der Waals surface area contributed by atoms with Crippen molar-refractivity contribution in [2.45, 2.75) is 0 Å². The first kappa shape index (κ1) is 35.9. The second-order valence-electron chi connectivity index (χ2n) is 15.3. The summed E-state index contributed by atoms with van der Waals surface area (Å²) in [5.41, 5.74) is 17.0. The molecule has 3 heterocycles. The molecule has 0 unspecified atom stereocenters. The van der Waals surface area contributed by atoms with Crippen LogP contribution in [0.2, 0.25) is 0 Å². The van der Waals surface area contributed by atoms with Crippen molar-refractivity contribution in [3.63, 3.8) is 0 Å². The number of hydrogen-bond acceptors (Lipinski definition) is 3. The zero-order valence-corrected chi connectivity index (χ0v) is 33.2. The Morgan fingerprint density at radius 3 is 1.26 bits per heavy atom. The lowest BCUT2D eigenvalue weighted by atomic mass is 9.94. The van der Waals surface area contributed by atoms with Gasteiger partial charge in [0, 0.05) is 38.8 Å². The number of nitrogens with zero attached hydrogens (tertiary/aromatic N) is 4. The Balaban J connectivity index is 0.978. The molecule has 0 aliphatic heterocycles.